The molecule has 0 fully saturated rings. The number of fused-ring (bicyclic) bond motifs is 2. The first kappa shape index (κ1) is 24.9. The quantitative estimate of drug-likeness (QED) is 0.253. The van der Waals surface area contributed by atoms with Crippen molar-refractivity contribution in [3.63, 3.8) is 0 Å². The Balaban J connectivity index is 1.37. The SMILES string of the molecule is NCCc1cn(S(=O)(=O)c2cccc3cccnc23)c2ccc(OCc3ccccc3-c3ccccc3)cc12. The molecule has 0 aliphatic rings. The van der Waals surface area contributed by atoms with Crippen molar-refractivity contribution in [1.29, 1.82) is 0 Å². The zero-order chi connectivity index (χ0) is 26.8. The Morgan fingerprint density at radius 3 is 2.46 bits per heavy atom. The van der Waals surface area contributed by atoms with E-state index < -0.39 is 10.0 Å². The van der Waals surface area contributed by atoms with Gasteiger partial charge in [-0.25, -0.2) is 12.4 Å². The summed E-state index contributed by atoms with van der Waals surface area (Å²) in [6.07, 6.45) is 3.81. The number of pyridine rings is 1. The van der Waals surface area contributed by atoms with Gasteiger partial charge in [-0.3, -0.25) is 4.98 Å². The monoisotopic (exact) mass is 533 g/mol. The van der Waals surface area contributed by atoms with Crippen LogP contribution >= 0.6 is 0 Å². The lowest BCUT2D eigenvalue weighted by molar-refractivity contribution is 0.307. The number of nitrogens with zero attached hydrogens (tertiary/aromatic N) is 2. The van der Waals surface area contributed by atoms with Crippen LogP contribution in [0.3, 0.4) is 0 Å². The fraction of sp³-hybridized carbons (Fsp3) is 0.0938. The molecule has 0 saturated carbocycles. The van der Waals surface area contributed by atoms with Crippen LogP contribution in [-0.2, 0) is 23.1 Å². The van der Waals surface area contributed by atoms with Crippen LogP contribution in [0.15, 0.2) is 120 Å². The fourth-order valence-corrected chi connectivity index (χ4v) is 6.55. The molecule has 2 heterocycles. The summed E-state index contributed by atoms with van der Waals surface area (Å²) in [5.41, 5.74) is 11.1. The molecule has 4 aromatic carbocycles. The van der Waals surface area contributed by atoms with Crippen LogP contribution in [0.1, 0.15) is 11.1 Å². The Kier molecular flexibility index (Phi) is 6.60. The number of aromatic nitrogens is 2. The standard InChI is InChI=1S/C32H27N3O3S/c33-18-17-25-21-35(39(36,37)31-14-6-11-24-12-7-19-34-32(24)31)30-16-15-27(20-29(25)30)38-22-26-10-4-5-13-28(26)23-8-2-1-3-9-23/h1-16,19-21H,17-18,22,33H2. The van der Waals surface area contributed by atoms with E-state index in [1.807, 2.05) is 54.6 Å². The number of para-hydroxylation sites is 1. The predicted molar refractivity (Wildman–Crippen MR) is 155 cm³/mol. The second kappa shape index (κ2) is 10.4. The first-order valence-electron chi connectivity index (χ1n) is 12.8. The molecule has 194 valence electrons. The minimum Gasteiger partial charge on any atom is -0.489 e. The van der Waals surface area contributed by atoms with Gasteiger partial charge in [-0.1, -0.05) is 72.8 Å². The molecule has 6 nitrogen and oxygen atoms in total. The Bertz CT molecular complexity index is 1890. The molecular formula is C32H27N3O3S. The van der Waals surface area contributed by atoms with E-state index in [0.717, 1.165) is 33.0 Å². The van der Waals surface area contributed by atoms with Crippen molar-refractivity contribution in [3.8, 4) is 16.9 Å². The minimum atomic E-state index is -3.92. The van der Waals surface area contributed by atoms with Gasteiger partial charge in [-0.15, -0.1) is 0 Å². The highest BCUT2D eigenvalue weighted by atomic mass is 32.2. The molecule has 0 aliphatic carbocycles. The van der Waals surface area contributed by atoms with Gasteiger partial charge < -0.3 is 10.5 Å². The van der Waals surface area contributed by atoms with Gasteiger partial charge >= 0.3 is 0 Å². The molecule has 39 heavy (non-hydrogen) atoms. The predicted octanol–water partition coefficient (Wildman–Crippen LogP) is 6.17. The average Bonchev–Trinajstić information content (AvgIpc) is 3.35. The van der Waals surface area contributed by atoms with Crippen molar-refractivity contribution in [2.75, 3.05) is 6.54 Å². The maximum atomic E-state index is 13.9. The molecule has 0 radical (unpaired) electrons. The summed E-state index contributed by atoms with van der Waals surface area (Å²) in [6, 6.07) is 32.7. The van der Waals surface area contributed by atoms with Gasteiger partial charge in [0, 0.05) is 23.2 Å². The van der Waals surface area contributed by atoms with Crippen LogP contribution in [0.4, 0.5) is 0 Å². The second-order valence-electron chi connectivity index (χ2n) is 9.32. The molecule has 0 unspecified atom stereocenters. The van der Waals surface area contributed by atoms with E-state index in [9.17, 15) is 8.42 Å². The van der Waals surface area contributed by atoms with Crippen LogP contribution in [0, 0.1) is 0 Å². The number of rotatable bonds is 8. The largest absolute Gasteiger partial charge is 0.489 e. The van der Waals surface area contributed by atoms with Crippen molar-refractivity contribution in [2.45, 2.75) is 17.9 Å². The summed E-state index contributed by atoms with van der Waals surface area (Å²) >= 11 is 0. The Labute approximate surface area is 227 Å². The van der Waals surface area contributed by atoms with Crippen molar-refractivity contribution < 1.29 is 13.2 Å². The summed E-state index contributed by atoms with van der Waals surface area (Å²) in [5, 5.41) is 1.56. The number of hydrogen-bond donors (Lipinski definition) is 1. The lowest BCUT2D eigenvalue weighted by atomic mass is 10.0. The Morgan fingerprint density at radius 1 is 0.821 bits per heavy atom. The maximum absolute atomic E-state index is 13.9. The first-order chi connectivity index (χ1) is 19.1. The highest BCUT2D eigenvalue weighted by Crippen LogP contribution is 2.32. The topological polar surface area (TPSA) is 87.2 Å². The molecular weight excluding hydrogens is 506 g/mol. The van der Waals surface area contributed by atoms with Crippen molar-refractivity contribution in [3.05, 3.63) is 127 Å². The van der Waals surface area contributed by atoms with Gasteiger partial charge in [-0.2, -0.15) is 0 Å². The van der Waals surface area contributed by atoms with E-state index in [1.165, 1.54) is 3.97 Å². The van der Waals surface area contributed by atoms with E-state index >= 15 is 0 Å². The third kappa shape index (κ3) is 4.67. The van der Waals surface area contributed by atoms with Crippen LogP contribution in [0.2, 0.25) is 0 Å². The van der Waals surface area contributed by atoms with Gasteiger partial charge in [0.1, 0.15) is 17.3 Å². The summed E-state index contributed by atoms with van der Waals surface area (Å²) in [5.74, 6) is 0.658. The van der Waals surface area contributed by atoms with Gasteiger partial charge in [-0.05, 0) is 65.6 Å². The van der Waals surface area contributed by atoms with E-state index in [-0.39, 0.29) is 4.90 Å². The van der Waals surface area contributed by atoms with Gasteiger partial charge in [0.2, 0.25) is 0 Å². The van der Waals surface area contributed by atoms with Crippen molar-refractivity contribution >= 4 is 31.8 Å². The third-order valence-electron chi connectivity index (χ3n) is 6.87. The van der Waals surface area contributed by atoms with Crippen LogP contribution in [0.25, 0.3) is 32.9 Å². The average molecular weight is 534 g/mol. The molecule has 0 spiro atoms. The summed E-state index contributed by atoms with van der Waals surface area (Å²) < 4.78 is 35.4. The van der Waals surface area contributed by atoms with Gasteiger partial charge in [0.05, 0.1) is 11.0 Å². The Morgan fingerprint density at radius 2 is 1.62 bits per heavy atom. The zero-order valence-electron chi connectivity index (χ0n) is 21.2. The third-order valence-corrected chi connectivity index (χ3v) is 8.57. The summed E-state index contributed by atoms with van der Waals surface area (Å²) in [4.78, 5) is 4.52. The highest BCUT2D eigenvalue weighted by molar-refractivity contribution is 7.90. The molecule has 0 amide bonds. The van der Waals surface area contributed by atoms with Crippen LogP contribution < -0.4 is 10.5 Å². The Hall–Kier alpha value is -4.46. The number of ether oxygens (including phenoxy) is 1. The fourth-order valence-electron chi connectivity index (χ4n) is 4.99. The van der Waals surface area contributed by atoms with Gasteiger partial charge in [0.15, 0.2) is 0 Å². The molecule has 6 aromatic rings. The zero-order valence-corrected chi connectivity index (χ0v) is 22.0. The molecule has 0 atom stereocenters. The summed E-state index contributed by atoms with van der Waals surface area (Å²) in [7, 11) is -3.92. The number of hydrogen-bond acceptors (Lipinski definition) is 5. The van der Waals surface area contributed by atoms with E-state index in [4.69, 9.17) is 10.5 Å². The lowest BCUT2D eigenvalue weighted by Crippen LogP contribution is -2.13. The van der Waals surface area contributed by atoms with Crippen LogP contribution in [0.5, 0.6) is 5.75 Å². The van der Waals surface area contributed by atoms with Crippen molar-refractivity contribution in [1.82, 2.24) is 8.96 Å². The summed E-state index contributed by atoms with van der Waals surface area (Å²) in [6.45, 7) is 0.772. The molecule has 7 heteroatoms. The van der Waals surface area contributed by atoms with Crippen molar-refractivity contribution in [2.24, 2.45) is 5.73 Å². The number of benzene rings is 4. The van der Waals surface area contributed by atoms with E-state index in [2.05, 4.69) is 29.2 Å². The molecule has 0 saturated heterocycles. The lowest BCUT2D eigenvalue weighted by Gasteiger charge is -2.12. The maximum Gasteiger partial charge on any atom is 0.270 e. The minimum absolute atomic E-state index is 0.162. The van der Waals surface area contributed by atoms with Gasteiger partial charge in [0.25, 0.3) is 10.0 Å². The first-order valence-corrected chi connectivity index (χ1v) is 14.2. The molecule has 6 rings (SSSR count). The molecule has 0 aliphatic heterocycles. The molecule has 2 aromatic heterocycles. The second-order valence-corrected chi connectivity index (χ2v) is 11.1. The smallest absolute Gasteiger partial charge is 0.270 e. The normalized spacial score (nSPS) is 11.7. The number of nitrogens with two attached hydrogens (primary N) is 1. The van der Waals surface area contributed by atoms with E-state index in [1.54, 1.807) is 36.7 Å². The molecule has 0 bridgehead atoms. The van der Waals surface area contributed by atoms with Crippen LogP contribution in [-0.4, -0.2) is 23.9 Å². The van der Waals surface area contributed by atoms with E-state index in [0.29, 0.717) is 36.4 Å². The molecule has 2 N–H and O–H groups in total. The highest BCUT2D eigenvalue weighted by Gasteiger charge is 2.24.